The predicted molar refractivity (Wildman–Crippen MR) is 155 cm³/mol. The van der Waals surface area contributed by atoms with Gasteiger partial charge in [-0.1, -0.05) is 61.0 Å². The highest BCUT2D eigenvalue weighted by Gasteiger charge is 2.33. The molecule has 9 nitrogen and oxygen atoms in total. The molecule has 10 heteroatoms. The second-order valence-electron chi connectivity index (χ2n) is 10.0. The summed E-state index contributed by atoms with van der Waals surface area (Å²) >= 11 is 1.43. The van der Waals surface area contributed by atoms with Crippen molar-refractivity contribution >= 4 is 29.3 Å². The fourth-order valence-corrected chi connectivity index (χ4v) is 5.56. The second-order valence-corrected chi connectivity index (χ2v) is 11.0. The van der Waals surface area contributed by atoms with Gasteiger partial charge in [0.05, 0.1) is 18.8 Å². The van der Waals surface area contributed by atoms with Crippen LogP contribution in [0.4, 0.5) is 5.69 Å². The van der Waals surface area contributed by atoms with Crippen LogP contribution in [-0.2, 0) is 25.7 Å². The first-order valence-electron chi connectivity index (χ1n) is 13.8. The first-order chi connectivity index (χ1) is 19.9. The number of ether oxygens (including phenoxy) is 2. The van der Waals surface area contributed by atoms with Gasteiger partial charge in [-0.25, -0.2) is 0 Å². The van der Waals surface area contributed by atoms with Gasteiger partial charge >= 0.3 is 5.97 Å². The van der Waals surface area contributed by atoms with Crippen LogP contribution in [0.3, 0.4) is 0 Å². The summed E-state index contributed by atoms with van der Waals surface area (Å²) in [6, 6.07) is 20.4. The minimum atomic E-state index is -0.795. The van der Waals surface area contributed by atoms with Crippen molar-refractivity contribution in [2.75, 3.05) is 11.1 Å². The predicted octanol–water partition coefficient (Wildman–Crippen LogP) is 5.51. The normalized spacial score (nSPS) is 18.6. The maximum Gasteiger partial charge on any atom is 0.303 e. The van der Waals surface area contributed by atoms with E-state index in [-0.39, 0.29) is 31.1 Å². The molecule has 1 aliphatic rings. The smallest absolute Gasteiger partial charge is 0.303 e. The maximum atomic E-state index is 12.5. The zero-order valence-electron chi connectivity index (χ0n) is 22.8. The van der Waals surface area contributed by atoms with Gasteiger partial charge in [-0.15, -0.1) is 0 Å². The number of pyridine rings is 1. The fourth-order valence-electron chi connectivity index (χ4n) is 4.63. The number of carbonyl (C=O) groups excluding carboxylic acids is 1. The number of unbranched alkanes of at least 4 members (excludes halogenated alkanes) is 3. The number of benzene rings is 2. The van der Waals surface area contributed by atoms with Gasteiger partial charge in [-0.05, 0) is 42.2 Å². The molecule has 2 heterocycles. The molecule has 0 bridgehead atoms. The van der Waals surface area contributed by atoms with Gasteiger partial charge in [-0.2, -0.15) is 4.73 Å². The number of aliphatic hydroxyl groups excluding tert-OH is 1. The Hall–Kier alpha value is -3.44. The molecule has 218 valence electrons. The number of aliphatic carboxylic acids is 1. The van der Waals surface area contributed by atoms with Crippen LogP contribution in [0.25, 0.3) is 0 Å². The summed E-state index contributed by atoms with van der Waals surface area (Å²) in [6.45, 7) is -0.0354. The molecule has 0 radical (unpaired) electrons. The number of nitrogens with one attached hydrogen (secondary N) is 1. The van der Waals surface area contributed by atoms with E-state index in [0.717, 1.165) is 34.3 Å². The van der Waals surface area contributed by atoms with E-state index >= 15 is 0 Å². The molecule has 1 amide bonds. The quantitative estimate of drug-likeness (QED) is 0.0984. The Bertz CT molecular complexity index is 1290. The van der Waals surface area contributed by atoms with Gasteiger partial charge in [-0.3, -0.25) is 9.59 Å². The summed E-state index contributed by atoms with van der Waals surface area (Å²) in [4.78, 5) is 23.1. The van der Waals surface area contributed by atoms with Crippen LogP contribution in [0, 0.1) is 5.21 Å². The summed E-state index contributed by atoms with van der Waals surface area (Å²) in [5, 5.41) is 33.8. The number of rotatable bonds is 14. The van der Waals surface area contributed by atoms with Crippen LogP contribution < -0.4 is 10.0 Å². The lowest BCUT2D eigenvalue weighted by Gasteiger charge is -2.36. The average molecular weight is 581 g/mol. The molecule has 0 unspecified atom stereocenters. The monoisotopic (exact) mass is 580 g/mol. The van der Waals surface area contributed by atoms with Crippen LogP contribution in [0.5, 0.6) is 0 Å². The Kier molecular flexibility index (Phi) is 11.6. The third-order valence-electron chi connectivity index (χ3n) is 6.81. The molecule has 3 atom stereocenters. The van der Waals surface area contributed by atoms with Gasteiger partial charge in [0.15, 0.2) is 12.5 Å². The van der Waals surface area contributed by atoms with E-state index in [0.29, 0.717) is 42.1 Å². The summed E-state index contributed by atoms with van der Waals surface area (Å²) in [6.07, 6.45) is 4.34. The van der Waals surface area contributed by atoms with Crippen LogP contribution >= 0.6 is 11.8 Å². The summed E-state index contributed by atoms with van der Waals surface area (Å²) < 4.78 is 13.6. The summed E-state index contributed by atoms with van der Waals surface area (Å²) in [7, 11) is 0. The Balaban J connectivity index is 1.41. The van der Waals surface area contributed by atoms with Crippen LogP contribution in [0.2, 0.25) is 0 Å². The molecule has 0 saturated carbocycles. The van der Waals surface area contributed by atoms with E-state index in [1.54, 1.807) is 12.1 Å². The number of anilines is 1. The lowest BCUT2D eigenvalue weighted by molar-refractivity contribution is -0.645. The van der Waals surface area contributed by atoms with E-state index in [4.69, 9.17) is 14.6 Å². The summed E-state index contributed by atoms with van der Waals surface area (Å²) in [5.74, 6) is -0.340. The molecule has 1 fully saturated rings. The number of hydrogen-bond acceptors (Lipinski definition) is 7. The van der Waals surface area contributed by atoms with Gasteiger partial charge in [0, 0.05) is 48.4 Å². The zero-order valence-corrected chi connectivity index (χ0v) is 23.6. The number of carbonyl (C=O) groups is 2. The number of thioether (sulfide) groups is 1. The number of nitrogens with zero attached hydrogens (tertiary/aromatic N) is 1. The fraction of sp³-hybridized carbons (Fsp3) is 0.387. The van der Waals surface area contributed by atoms with Crippen molar-refractivity contribution in [3.05, 3.63) is 94.8 Å². The first kappa shape index (κ1) is 30.5. The molecule has 3 N–H and O–H groups in total. The van der Waals surface area contributed by atoms with Gasteiger partial charge in [0.2, 0.25) is 5.91 Å². The largest absolute Gasteiger partial charge is 0.618 e. The summed E-state index contributed by atoms with van der Waals surface area (Å²) in [5.41, 5.74) is 3.19. The minimum absolute atomic E-state index is 0.0354. The SMILES string of the molecule is O=C(O)CCCCCCC(=O)Nc1cccc([C@H]2O[C@@H](CSc3cccc[n+]3[O-])C[C@@H](c3ccc(CO)cc3)O2)c1. The van der Waals surface area contributed by atoms with E-state index < -0.39 is 12.3 Å². The van der Waals surface area contributed by atoms with Crippen molar-refractivity contribution in [3.8, 4) is 0 Å². The molecule has 0 spiro atoms. The third-order valence-corrected chi connectivity index (χ3v) is 7.96. The molecule has 1 saturated heterocycles. The molecule has 4 rings (SSSR count). The first-order valence-corrected chi connectivity index (χ1v) is 14.8. The molecular formula is C31H36N2O7S. The van der Waals surface area contributed by atoms with Crippen molar-refractivity contribution in [2.24, 2.45) is 0 Å². The molecule has 41 heavy (non-hydrogen) atoms. The van der Waals surface area contributed by atoms with Crippen molar-refractivity contribution in [3.63, 3.8) is 0 Å². The maximum absolute atomic E-state index is 12.5. The number of carboxylic acids is 1. The zero-order chi connectivity index (χ0) is 29.0. The highest BCUT2D eigenvalue weighted by molar-refractivity contribution is 7.99. The van der Waals surface area contributed by atoms with E-state index in [2.05, 4.69) is 5.32 Å². The number of amides is 1. The Morgan fingerprint density at radius 2 is 1.73 bits per heavy atom. The van der Waals surface area contributed by atoms with Crippen LogP contribution in [0.15, 0.2) is 78.0 Å². The topological polar surface area (TPSA) is 132 Å². The van der Waals surface area contributed by atoms with Gasteiger partial charge < -0.3 is 30.2 Å². The number of carboxylic acid groups (broad SMARTS) is 1. The highest BCUT2D eigenvalue weighted by atomic mass is 32.2. The number of aromatic nitrogens is 1. The lowest BCUT2D eigenvalue weighted by atomic mass is 10.0. The molecule has 3 aromatic rings. The minimum Gasteiger partial charge on any atom is -0.618 e. The van der Waals surface area contributed by atoms with Gasteiger partial charge in [0.1, 0.15) is 0 Å². The Morgan fingerprint density at radius 3 is 2.46 bits per heavy atom. The molecule has 2 aromatic carbocycles. The lowest BCUT2D eigenvalue weighted by Crippen LogP contribution is -2.32. The highest BCUT2D eigenvalue weighted by Crippen LogP contribution is 2.39. The van der Waals surface area contributed by atoms with E-state index in [1.165, 1.54) is 18.0 Å². The van der Waals surface area contributed by atoms with Crippen LogP contribution in [0.1, 0.15) is 74.0 Å². The van der Waals surface area contributed by atoms with E-state index in [9.17, 15) is 19.9 Å². The average Bonchev–Trinajstić information content (AvgIpc) is 2.98. The second kappa shape index (κ2) is 15.5. The molecule has 1 aliphatic heterocycles. The molecule has 0 aliphatic carbocycles. The van der Waals surface area contributed by atoms with E-state index in [1.807, 2.05) is 54.6 Å². The van der Waals surface area contributed by atoms with Crippen molar-refractivity contribution < 1.29 is 34.0 Å². The Labute approximate surface area is 244 Å². The van der Waals surface area contributed by atoms with Gasteiger partial charge in [0.25, 0.3) is 5.03 Å². The van der Waals surface area contributed by atoms with Crippen molar-refractivity contribution in [2.45, 2.75) is 75.1 Å². The number of hydrogen-bond donors (Lipinski definition) is 3. The number of aliphatic hydroxyl groups is 1. The van der Waals surface area contributed by atoms with Crippen molar-refractivity contribution in [1.29, 1.82) is 0 Å². The standard InChI is InChI=1S/C31H36N2O7S/c34-20-22-13-15-23(16-14-22)27-19-26(21-41-29-11-5-6-17-33(29)38)39-31(40-27)24-8-7-9-25(18-24)32-28(35)10-3-1-2-4-12-30(36)37/h5-9,11,13-18,26-27,31,34H,1-4,10,12,19-21H2,(H,32,35)(H,36,37)/t26-,27+,31+/m1/s1. The van der Waals surface area contributed by atoms with Crippen LogP contribution in [-0.4, -0.2) is 33.9 Å². The van der Waals surface area contributed by atoms with Crippen molar-refractivity contribution in [1.82, 2.24) is 0 Å². The molecular weight excluding hydrogens is 544 g/mol. The Morgan fingerprint density at radius 1 is 0.951 bits per heavy atom. The molecule has 1 aromatic heterocycles. The third kappa shape index (κ3) is 9.57.